The molecule has 0 bridgehead atoms. The molecule has 0 fully saturated rings. The highest BCUT2D eigenvalue weighted by molar-refractivity contribution is 4.82. The Morgan fingerprint density at radius 2 is 2.00 bits per heavy atom. The van der Waals surface area contributed by atoms with Gasteiger partial charge >= 0.3 is 0 Å². The lowest BCUT2D eigenvalue weighted by molar-refractivity contribution is 0.0811. The third-order valence-corrected chi connectivity index (χ3v) is 2.22. The molecule has 0 spiro atoms. The van der Waals surface area contributed by atoms with E-state index in [1.54, 1.807) is 6.92 Å². The Labute approximate surface area is 81.5 Å². The molecule has 0 radical (unpaired) electrons. The molecule has 0 heterocycles. The summed E-state index contributed by atoms with van der Waals surface area (Å²) in [5.74, 6) is 0. The van der Waals surface area contributed by atoms with Gasteiger partial charge in [0.25, 0.3) is 0 Å². The van der Waals surface area contributed by atoms with E-state index in [1.807, 2.05) is 13.8 Å². The second-order valence-electron chi connectivity index (χ2n) is 3.94. The smallest absolute Gasteiger partial charge is 0.0688 e. The van der Waals surface area contributed by atoms with Crippen LogP contribution in [0.1, 0.15) is 34.1 Å². The van der Waals surface area contributed by atoms with Crippen molar-refractivity contribution in [3.05, 3.63) is 0 Å². The van der Waals surface area contributed by atoms with E-state index in [4.69, 9.17) is 4.74 Å². The largest absolute Gasteiger partial charge is 0.392 e. The van der Waals surface area contributed by atoms with Crippen LogP contribution in [-0.4, -0.2) is 36.5 Å². The zero-order valence-corrected chi connectivity index (χ0v) is 9.26. The lowest BCUT2D eigenvalue weighted by atomic mass is 9.99. The average Bonchev–Trinajstić information content (AvgIpc) is 2.03. The minimum absolute atomic E-state index is 0.227. The van der Waals surface area contributed by atoms with Crippen LogP contribution >= 0.6 is 0 Å². The normalized spacial score (nSPS) is 14.5. The van der Waals surface area contributed by atoms with Gasteiger partial charge in [0.15, 0.2) is 0 Å². The van der Waals surface area contributed by atoms with Gasteiger partial charge in [0.2, 0.25) is 0 Å². The van der Waals surface area contributed by atoms with Crippen LogP contribution in [0.2, 0.25) is 0 Å². The molecule has 0 rings (SSSR count). The Morgan fingerprint density at radius 1 is 1.38 bits per heavy atom. The zero-order chi connectivity index (χ0) is 10.3. The van der Waals surface area contributed by atoms with Gasteiger partial charge in [-0.05, 0) is 27.2 Å². The molecule has 0 aromatic rings. The van der Waals surface area contributed by atoms with Gasteiger partial charge in [-0.1, -0.05) is 6.92 Å². The van der Waals surface area contributed by atoms with Crippen LogP contribution in [0, 0.1) is 0 Å². The van der Waals surface area contributed by atoms with E-state index >= 15 is 0 Å². The number of aliphatic hydroxyl groups is 1. The summed E-state index contributed by atoms with van der Waals surface area (Å²) in [6, 6.07) is 0. The highest BCUT2D eigenvalue weighted by Crippen LogP contribution is 2.07. The van der Waals surface area contributed by atoms with Crippen molar-refractivity contribution in [3.8, 4) is 0 Å². The van der Waals surface area contributed by atoms with Gasteiger partial charge in [0, 0.05) is 18.7 Å². The highest BCUT2D eigenvalue weighted by Gasteiger charge is 2.22. The van der Waals surface area contributed by atoms with E-state index in [0.29, 0.717) is 6.61 Å². The average molecular weight is 189 g/mol. The number of ether oxygens (including phenoxy) is 1. The van der Waals surface area contributed by atoms with Gasteiger partial charge in [0.1, 0.15) is 0 Å². The van der Waals surface area contributed by atoms with E-state index in [0.717, 1.165) is 19.6 Å². The molecule has 0 aliphatic heterocycles. The zero-order valence-electron chi connectivity index (χ0n) is 9.26. The molecule has 2 N–H and O–H groups in total. The summed E-state index contributed by atoms with van der Waals surface area (Å²) in [6.45, 7) is 10.2. The Bertz CT molecular complexity index is 124. The van der Waals surface area contributed by atoms with Crippen molar-refractivity contribution < 1.29 is 9.84 Å². The standard InChI is InChI=1S/C10H23NO2/c1-5-7-13-8-6-11-10(3,4)9(2)12/h9,11-12H,5-8H2,1-4H3. The maximum absolute atomic E-state index is 9.38. The molecule has 0 saturated heterocycles. The summed E-state index contributed by atoms with van der Waals surface area (Å²) in [4.78, 5) is 0. The van der Waals surface area contributed by atoms with E-state index in [1.165, 1.54) is 0 Å². The summed E-state index contributed by atoms with van der Waals surface area (Å²) in [6.07, 6.45) is 0.707. The predicted octanol–water partition coefficient (Wildman–Crippen LogP) is 1.16. The third-order valence-electron chi connectivity index (χ3n) is 2.22. The predicted molar refractivity (Wildman–Crippen MR) is 54.9 cm³/mol. The summed E-state index contributed by atoms with van der Waals surface area (Å²) in [5.41, 5.74) is -0.227. The van der Waals surface area contributed by atoms with Gasteiger partial charge in [-0.15, -0.1) is 0 Å². The van der Waals surface area contributed by atoms with Crippen LogP contribution in [0.25, 0.3) is 0 Å². The molecule has 0 aromatic heterocycles. The molecular weight excluding hydrogens is 166 g/mol. The van der Waals surface area contributed by atoms with Gasteiger partial charge in [-0.2, -0.15) is 0 Å². The number of hydrogen-bond acceptors (Lipinski definition) is 3. The minimum Gasteiger partial charge on any atom is -0.392 e. The monoisotopic (exact) mass is 189 g/mol. The van der Waals surface area contributed by atoms with Crippen molar-refractivity contribution in [3.63, 3.8) is 0 Å². The highest BCUT2D eigenvalue weighted by atomic mass is 16.5. The second-order valence-corrected chi connectivity index (χ2v) is 3.94. The maximum Gasteiger partial charge on any atom is 0.0688 e. The molecule has 3 heteroatoms. The number of hydrogen-bond donors (Lipinski definition) is 2. The molecule has 0 amide bonds. The Hall–Kier alpha value is -0.120. The molecule has 1 atom stereocenters. The lowest BCUT2D eigenvalue weighted by Crippen LogP contribution is -2.49. The topological polar surface area (TPSA) is 41.5 Å². The molecule has 0 saturated carbocycles. The first-order valence-electron chi connectivity index (χ1n) is 5.01. The van der Waals surface area contributed by atoms with Gasteiger partial charge in [0.05, 0.1) is 12.7 Å². The summed E-state index contributed by atoms with van der Waals surface area (Å²) in [7, 11) is 0. The fraction of sp³-hybridized carbons (Fsp3) is 1.00. The quantitative estimate of drug-likeness (QED) is 0.591. The van der Waals surface area contributed by atoms with Crippen molar-refractivity contribution in [2.24, 2.45) is 0 Å². The van der Waals surface area contributed by atoms with Crippen LogP contribution in [0.15, 0.2) is 0 Å². The Balaban J connectivity index is 3.41. The molecule has 0 aliphatic rings. The van der Waals surface area contributed by atoms with Crippen molar-refractivity contribution in [2.45, 2.75) is 45.8 Å². The van der Waals surface area contributed by atoms with Gasteiger partial charge < -0.3 is 15.2 Å². The van der Waals surface area contributed by atoms with Crippen LogP contribution in [0.5, 0.6) is 0 Å². The number of aliphatic hydroxyl groups excluding tert-OH is 1. The fourth-order valence-corrected chi connectivity index (χ4v) is 0.839. The first kappa shape index (κ1) is 12.9. The molecule has 80 valence electrons. The van der Waals surface area contributed by atoms with Crippen LogP contribution < -0.4 is 5.32 Å². The second kappa shape index (κ2) is 6.35. The molecular formula is C10H23NO2. The summed E-state index contributed by atoms with van der Waals surface area (Å²) >= 11 is 0. The SMILES string of the molecule is CCCOCCNC(C)(C)C(C)O. The molecule has 1 unspecified atom stereocenters. The van der Waals surface area contributed by atoms with E-state index < -0.39 is 0 Å². The van der Waals surface area contributed by atoms with Crippen LogP contribution in [0.4, 0.5) is 0 Å². The maximum atomic E-state index is 9.38. The molecule has 3 nitrogen and oxygen atoms in total. The summed E-state index contributed by atoms with van der Waals surface area (Å²) < 4.78 is 5.31. The first-order chi connectivity index (χ1) is 6.00. The summed E-state index contributed by atoms with van der Waals surface area (Å²) in [5, 5.41) is 12.6. The Morgan fingerprint density at radius 3 is 2.46 bits per heavy atom. The lowest BCUT2D eigenvalue weighted by Gasteiger charge is -2.29. The van der Waals surface area contributed by atoms with E-state index in [2.05, 4.69) is 12.2 Å². The first-order valence-corrected chi connectivity index (χ1v) is 5.01. The number of rotatable bonds is 7. The van der Waals surface area contributed by atoms with E-state index in [9.17, 15) is 5.11 Å². The van der Waals surface area contributed by atoms with Crippen molar-refractivity contribution in [1.29, 1.82) is 0 Å². The van der Waals surface area contributed by atoms with Crippen molar-refractivity contribution in [2.75, 3.05) is 19.8 Å². The molecule has 13 heavy (non-hydrogen) atoms. The van der Waals surface area contributed by atoms with E-state index in [-0.39, 0.29) is 11.6 Å². The van der Waals surface area contributed by atoms with Gasteiger partial charge in [-0.3, -0.25) is 0 Å². The molecule has 0 aromatic carbocycles. The van der Waals surface area contributed by atoms with Crippen molar-refractivity contribution in [1.82, 2.24) is 5.32 Å². The van der Waals surface area contributed by atoms with Crippen LogP contribution in [0.3, 0.4) is 0 Å². The third kappa shape index (κ3) is 6.02. The minimum atomic E-state index is -0.348. The Kier molecular flexibility index (Phi) is 6.29. The van der Waals surface area contributed by atoms with Crippen LogP contribution in [-0.2, 0) is 4.74 Å². The number of nitrogens with one attached hydrogen (secondary N) is 1. The van der Waals surface area contributed by atoms with Crippen molar-refractivity contribution >= 4 is 0 Å². The fourth-order valence-electron chi connectivity index (χ4n) is 0.839. The molecule has 0 aliphatic carbocycles. The van der Waals surface area contributed by atoms with Gasteiger partial charge in [-0.25, -0.2) is 0 Å².